The molecule has 0 radical (unpaired) electrons. The van der Waals surface area contributed by atoms with E-state index in [1.807, 2.05) is 0 Å². The minimum Gasteiger partial charge on any atom is -0.346 e. The number of rotatable bonds is 3. The third-order valence-corrected chi connectivity index (χ3v) is 6.32. The van der Waals surface area contributed by atoms with E-state index in [-0.39, 0.29) is 6.17 Å². The maximum atomic E-state index is 3.80. The molecule has 0 bridgehead atoms. The predicted octanol–water partition coefficient (Wildman–Crippen LogP) is 6.85. The van der Waals surface area contributed by atoms with Crippen molar-refractivity contribution in [2.75, 3.05) is 22.9 Å². The molecule has 0 saturated carbocycles. The average Bonchev–Trinajstić information content (AvgIpc) is 3.08. The van der Waals surface area contributed by atoms with Crippen molar-refractivity contribution in [3.8, 4) is 0 Å². The Balaban J connectivity index is 1.80. The van der Waals surface area contributed by atoms with E-state index in [9.17, 15) is 0 Å². The molecule has 0 unspecified atom stereocenters. The van der Waals surface area contributed by atoms with Gasteiger partial charge in [0.25, 0.3) is 0 Å². The number of hydrogen-bond acceptors (Lipinski definition) is 2. The first kappa shape index (κ1) is 18.6. The van der Waals surface area contributed by atoms with Gasteiger partial charge in [-0.25, -0.2) is 0 Å². The first-order valence-electron chi connectivity index (χ1n) is 9.14. The number of hydrogen-bond donors (Lipinski definition) is 0. The van der Waals surface area contributed by atoms with Gasteiger partial charge in [-0.05, 0) is 50.2 Å². The summed E-state index contributed by atoms with van der Waals surface area (Å²) in [6, 6.07) is 24.2. The minimum atomic E-state index is 0.151. The quantitative estimate of drug-likeness (QED) is 0.400. The van der Waals surface area contributed by atoms with E-state index in [2.05, 4.69) is 122 Å². The van der Waals surface area contributed by atoms with Crippen LogP contribution in [0, 0.1) is 13.8 Å². The fourth-order valence-electron chi connectivity index (χ4n) is 3.69. The monoisotopic (exact) mass is 484 g/mol. The summed E-state index contributed by atoms with van der Waals surface area (Å²) in [7, 11) is 0. The van der Waals surface area contributed by atoms with E-state index in [1.54, 1.807) is 0 Å². The van der Waals surface area contributed by atoms with Crippen LogP contribution in [0.2, 0.25) is 0 Å². The van der Waals surface area contributed by atoms with Gasteiger partial charge < -0.3 is 9.80 Å². The van der Waals surface area contributed by atoms with Crippen molar-refractivity contribution >= 4 is 43.2 Å². The van der Waals surface area contributed by atoms with Crippen molar-refractivity contribution in [1.82, 2.24) is 0 Å². The highest BCUT2D eigenvalue weighted by atomic mass is 79.9. The first-order chi connectivity index (χ1) is 13.0. The zero-order valence-electron chi connectivity index (χ0n) is 15.5. The lowest BCUT2D eigenvalue weighted by Crippen LogP contribution is -2.31. The molecule has 0 aliphatic carbocycles. The first-order valence-corrected chi connectivity index (χ1v) is 10.7. The molecule has 0 spiro atoms. The Kier molecular flexibility index (Phi) is 5.29. The lowest BCUT2D eigenvalue weighted by atomic mass is 10.1. The van der Waals surface area contributed by atoms with Gasteiger partial charge >= 0.3 is 0 Å². The highest BCUT2D eigenvalue weighted by Crippen LogP contribution is 2.41. The number of benzene rings is 3. The third-order valence-electron chi connectivity index (χ3n) is 5.14. The highest BCUT2D eigenvalue weighted by Gasteiger charge is 2.34. The van der Waals surface area contributed by atoms with Crippen molar-refractivity contribution in [1.29, 1.82) is 0 Å². The minimum absolute atomic E-state index is 0.151. The van der Waals surface area contributed by atoms with Crippen molar-refractivity contribution in [2.24, 2.45) is 0 Å². The van der Waals surface area contributed by atoms with Gasteiger partial charge in [-0.3, -0.25) is 0 Å². The molecule has 1 aliphatic heterocycles. The average molecular weight is 486 g/mol. The van der Waals surface area contributed by atoms with E-state index in [4.69, 9.17) is 0 Å². The maximum absolute atomic E-state index is 3.80. The molecular formula is C23H22Br2N2. The molecule has 1 heterocycles. The lowest BCUT2D eigenvalue weighted by molar-refractivity contribution is 0.714. The predicted molar refractivity (Wildman–Crippen MR) is 122 cm³/mol. The van der Waals surface area contributed by atoms with Crippen LogP contribution in [0.1, 0.15) is 22.9 Å². The van der Waals surface area contributed by atoms with Crippen LogP contribution in [-0.2, 0) is 0 Å². The summed E-state index contributed by atoms with van der Waals surface area (Å²) in [5.74, 6) is 0. The normalized spacial score (nSPS) is 14.8. The summed E-state index contributed by atoms with van der Waals surface area (Å²) in [6.45, 7) is 6.25. The Morgan fingerprint density at radius 1 is 0.704 bits per heavy atom. The molecule has 0 aromatic heterocycles. The molecule has 1 saturated heterocycles. The second-order valence-electron chi connectivity index (χ2n) is 7.10. The summed E-state index contributed by atoms with van der Waals surface area (Å²) in [6.07, 6.45) is 0.151. The Hall–Kier alpha value is -1.78. The largest absolute Gasteiger partial charge is 0.346 e. The summed E-state index contributed by atoms with van der Waals surface area (Å²) in [5, 5.41) is 0. The van der Waals surface area contributed by atoms with Crippen LogP contribution in [0.4, 0.5) is 11.4 Å². The molecule has 1 fully saturated rings. The molecule has 3 aromatic carbocycles. The number of nitrogens with zero attached hydrogens (tertiary/aromatic N) is 2. The van der Waals surface area contributed by atoms with Gasteiger partial charge in [-0.1, -0.05) is 73.3 Å². The molecule has 4 rings (SSSR count). The van der Waals surface area contributed by atoms with Gasteiger partial charge in [0.05, 0.1) is 0 Å². The smallest absolute Gasteiger partial charge is 0.129 e. The van der Waals surface area contributed by atoms with E-state index in [1.165, 1.54) is 28.1 Å². The SMILES string of the molecule is Cc1ccc(N2CCN(c3ccc(C)cc3)C2c2ccc(Br)cc2Br)cc1. The second kappa shape index (κ2) is 7.69. The van der Waals surface area contributed by atoms with Crippen molar-refractivity contribution < 1.29 is 0 Å². The van der Waals surface area contributed by atoms with E-state index >= 15 is 0 Å². The van der Waals surface area contributed by atoms with Gasteiger partial charge in [0.2, 0.25) is 0 Å². The zero-order chi connectivity index (χ0) is 19.0. The number of aryl methyl sites for hydroxylation is 2. The van der Waals surface area contributed by atoms with Gasteiger partial charge in [0, 0.05) is 39.0 Å². The van der Waals surface area contributed by atoms with Gasteiger partial charge in [0.1, 0.15) is 6.17 Å². The zero-order valence-corrected chi connectivity index (χ0v) is 18.7. The van der Waals surface area contributed by atoms with Crippen LogP contribution in [-0.4, -0.2) is 13.1 Å². The highest BCUT2D eigenvalue weighted by molar-refractivity contribution is 9.11. The fraction of sp³-hybridized carbons (Fsp3) is 0.217. The topological polar surface area (TPSA) is 6.48 Å². The Morgan fingerprint density at radius 3 is 1.63 bits per heavy atom. The molecule has 0 atom stereocenters. The molecule has 3 aromatic rings. The summed E-state index contributed by atoms with van der Waals surface area (Å²) >= 11 is 7.38. The summed E-state index contributed by atoms with van der Waals surface area (Å²) < 4.78 is 2.21. The van der Waals surface area contributed by atoms with E-state index in [0.29, 0.717) is 0 Å². The van der Waals surface area contributed by atoms with Crippen LogP contribution >= 0.6 is 31.9 Å². The molecule has 0 amide bonds. The van der Waals surface area contributed by atoms with Crippen LogP contribution in [0.3, 0.4) is 0 Å². The molecule has 138 valence electrons. The Bertz CT molecular complexity index is 882. The lowest BCUT2D eigenvalue weighted by Gasteiger charge is -2.34. The molecule has 1 aliphatic rings. The Morgan fingerprint density at radius 2 is 1.19 bits per heavy atom. The van der Waals surface area contributed by atoms with E-state index < -0.39 is 0 Å². The Labute approximate surface area is 178 Å². The summed E-state index contributed by atoms with van der Waals surface area (Å²) in [4.78, 5) is 4.99. The van der Waals surface area contributed by atoms with Crippen LogP contribution in [0.5, 0.6) is 0 Å². The fourth-order valence-corrected chi connectivity index (χ4v) is 4.94. The second-order valence-corrected chi connectivity index (χ2v) is 8.87. The van der Waals surface area contributed by atoms with Crippen molar-refractivity contribution in [3.63, 3.8) is 0 Å². The molecule has 0 N–H and O–H groups in total. The molecule has 27 heavy (non-hydrogen) atoms. The summed E-state index contributed by atoms with van der Waals surface area (Å²) in [5.41, 5.74) is 6.37. The van der Waals surface area contributed by atoms with Crippen LogP contribution < -0.4 is 9.80 Å². The standard InChI is InChI=1S/C23H22Br2N2/c1-16-3-8-19(9-4-16)26-13-14-27(20-10-5-17(2)6-11-20)23(26)21-12-7-18(24)15-22(21)25/h3-12,15,23H,13-14H2,1-2H3. The maximum Gasteiger partial charge on any atom is 0.129 e. The van der Waals surface area contributed by atoms with Crippen molar-refractivity contribution in [2.45, 2.75) is 20.0 Å². The van der Waals surface area contributed by atoms with E-state index in [0.717, 1.165) is 22.0 Å². The number of anilines is 2. The number of halogens is 2. The third kappa shape index (κ3) is 3.78. The molecular weight excluding hydrogens is 464 g/mol. The molecule has 4 heteroatoms. The van der Waals surface area contributed by atoms with Gasteiger partial charge in [-0.15, -0.1) is 0 Å². The van der Waals surface area contributed by atoms with Gasteiger partial charge in [0.15, 0.2) is 0 Å². The van der Waals surface area contributed by atoms with Crippen molar-refractivity contribution in [3.05, 3.63) is 92.4 Å². The van der Waals surface area contributed by atoms with Crippen LogP contribution in [0.25, 0.3) is 0 Å². The molecule has 2 nitrogen and oxygen atoms in total. The van der Waals surface area contributed by atoms with Gasteiger partial charge in [-0.2, -0.15) is 0 Å². The van der Waals surface area contributed by atoms with Crippen LogP contribution in [0.15, 0.2) is 75.7 Å².